The first kappa shape index (κ1) is 24.0. The van der Waals surface area contributed by atoms with Crippen LogP contribution >= 0.6 is 0 Å². The van der Waals surface area contributed by atoms with Crippen LogP contribution in [0.4, 0.5) is 49.9 Å². The van der Waals surface area contributed by atoms with Crippen LogP contribution in [-0.4, -0.2) is 28.8 Å². The summed E-state index contributed by atoms with van der Waals surface area (Å²) in [5, 5.41) is 6.39. The molecular weight excluding hydrogens is 490 g/mol. The monoisotopic (exact) mass is 509 g/mol. The Morgan fingerprint density at radius 2 is 1.62 bits per heavy atom. The predicted octanol–water partition coefficient (Wildman–Crippen LogP) is 6.96. The molecule has 0 radical (unpaired) electrons. The molecule has 11 heteroatoms. The van der Waals surface area contributed by atoms with Crippen molar-refractivity contribution < 1.29 is 27.2 Å². The van der Waals surface area contributed by atoms with Crippen LogP contribution in [0.2, 0.25) is 0 Å². The summed E-state index contributed by atoms with van der Waals surface area (Å²) in [6.07, 6.45) is -1.83. The van der Waals surface area contributed by atoms with Crippen LogP contribution in [0.15, 0.2) is 79.1 Å². The summed E-state index contributed by atoms with van der Waals surface area (Å²) in [5.74, 6) is -0.606. The predicted molar refractivity (Wildman–Crippen MR) is 130 cm³/mol. The van der Waals surface area contributed by atoms with Gasteiger partial charge in [0.25, 0.3) is 0 Å². The number of amides is 4. The molecule has 1 aromatic heterocycles. The standard InChI is InChI=1S/C26H19F4N5O2/c1-2-33-22-11-8-17(26(28,29)30)12-23(22)34(18-6-4-3-5-7-18)25(37)35(24(33)36)19-9-10-21(27)20(13-19)16-14-31-32-15-16/h3-15H,2H2,1H3,(H,31,32). The van der Waals surface area contributed by atoms with Crippen LogP contribution in [-0.2, 0) is 6.18 Å². The van der Waals surface area contributed by atoms with E-state index in [0.717, 1.165) is 28.0 Å². The fourth-order valence-electron chi connectivity index (χ4n) is 4.24. The summed E-state index contributed by atoms with van der Waals surface area (Å²) < 4.78 is 55.7. The second kappa shape index (κ2) is 9.08. The lowest BCUT2D eigenvalue weighted by Crippen LogP contribution is -2.48. The fourth-order valence-corrected chi connectivity index (χ4v) is 4.24. The normalized spacial score (nSPS) is 14.1. The SMILES string of the molecule is CCN1C(=O)N(c2ccc(F)c(-c3cn[nH]c3)c2)C(=O)N(c2ccccc2)c2cc(C(F)(F)F)ccc21. The van der Waals surface area contributed by atoms with Gasteiger partial charge < -0.3 is 0 Å². The smallest absolute Gasteiger partial charge is 0.292 e. The lowest BCUT2D eigenvalue weighted by Gasteiger charge is -2.27. The lowest BCUT2D eigenvalue weighted by atomic mass is 10.1. The van der Waals surface area contributed by atoms with Crippen molar-refractivity contribution in [2.75, 3.05) is 21.2 Å². The minimum absolute atomic E-state index is 0.0378. The number of carbonyl (C=O) groups is 2. The van der Waals surface area contributed by atoms with Crippen molar-refractivity contribution in [3.8, 4) is 11.1 Å². The van der Waals surface area contributed by atoms with E-state index in [9.17, 15) is 27.2 Å². The molecule has 0 atom stereocenters. The second-order valence-corrected chi connectivity index (χ2v) is 8.17. The van der Waals surface area contributed by atoms with E-state index in [0.29, 0.717) is 5.56 Å². The van der Waals surface area contributed by atoms with E-state index in [4.69, 9.17) is 0 Å². The van der Waals surface area contributed by atoms with Crippen LogP contribution in [0.3, 0.4) is 0 Å². The fraction of sp³-hybridized carbons (Fsp3) is 0.115. The molecule has 0 saturated heterocycles. The van der Waals surface area contributed by atoms with Gasteiger partial charge in [0, 0.05) is 23.9 Å². The summed E-state index contributed by atoms with van der Waals surface area (Å²) in [6, 6.07) is 12.9. The molecular formula is C26H19F4N5O2. The van der Waals surface area contributed by atoms with Gasteiger partial charge in [-0.05, 0) is 55.5 Å². The van der Waals surface area contributed by atoms with Gasteiger partial charge in [-0.25, -0.2) is 18.9 Å². The molecule has 4 aromatic rings. The van der Waals surface area contributed by atoms with E-state index in [1.54, 1.807) is 37.3 Å². The topological polar surface area (TPSA) is 72.5 Å². The van der Waals surface area contributed by atoms with Gasteiger partial charge in [-0.1, -0.05) is 18.2 Å². The first-order chi connectivity index (χ1) is 17.7. The molecule has 0 saturated carbocycles. The molecule has 0 spiro atoms. The molecule has 2 heterocycles. The van der Waals surface area contributed by atoms with E-state index < -0.39 is 29.6 Å². The van der Waals surface area contributed by atoms with Gasteiger partial charge in [-0.2, -0.15) is 18.3 Å². The van der Waals surface area contributed by atoms with Crippen LogP contribution in [0.1, 0.15) is 12.5 Å². The first-order valence-corrected chi connectivity index (χ1v) is 11.2. The molecule has 0 unspecified atom stereocenters. The number of para-hydroxylation sites is 1. The van der Waals surface area contributed by atoms with Crippen molar-refractivity contribution in [1.82, 2.24) is 10.2 Å². The number of H-pyrrole nitrogens is 1. The largest absolute Gasteiger partial charge is 0.416 e. The van der Waals surface area contributed by atoms with Gasteiger partial charge in [-0.15, -0.1) is 0 Å². The summed E-state index contributed by atoms with van der Waals surface area (Å²) in [7, 11) is 0. The van der Waals surface area contributed by atoms with Gasteiger partial charge in [0.2, 0.25) is 0 Å². The minimum atomic E-state index is -4.68. The van der Waals surface area contributed by atoms with E-state index >= 15 is 0 Å². The Balaban J connectivity index is 1.74. The molecule has 5 rings (SSSR count). The highest BCUT2D eigenvalue weighted by Gasteiger charge is 2.41. The zero-order valence-electron chi connectivity index (χ0n) is 19.3. The average Bonchev–Trinajstić information content (AvgIpc) is 3.38. The maximum Gasteiger partial charge on any atom is 0.416 e. The molecule has 0 bridgehead atoms. The third kappa shape index (κ3) is 4.18. The van der Waals surface area contributed by atoms with E-state index in [1.165, 1.54) is 35.5 Å². The van der Waals surface area contributed by atoms with Gasteiger partial charge in [0.05, 0.1) is 34.5 Å². The Morgan fingerprint density at radius 1 is 0.865 bits per heavy atom. The Bertz CT molecular complexity index is 1470. The third-order valence-corrected chi connectivity index (χ3v) is 5.99. The maximum absolute atomic E-state index is 14.7. The number of aromatic amines is 1. The summed E-state index contributed by atoms with van der Waals surface area (Å²) >= 11 is 0. The highest BCUT2D eigenvalue weighted by molar-refractivity contribution is 6.28. The number of imide groups is 1. The molecule has 1 N–H and O–H groups in total. The number of alkyl halides is 3. The molecule has 3 aromatic carbocycles. The number of carbonyl (C=O) groups excluding carboxylic acids is 2. The third-order valence-electron chi connectivity index (χ3n) is 5.99. The number of urea groups is 2. The summed E-state index contributed by atoms with van der Waals surface area (Å²) in [4.78, 5) is 30.9. The van der Waals surface area contributed by atoms with Crippen molar-refractivity contribution in [2.45, 2.75) is 13.1 Å². The van der Waals surface area contributed by atoms with Crippen LogP contribution < -0.4 is 14.7 Å². The van der Waals surface area contributed by atoms with Crippen LogP contribution in [0, 0.1) is 5.82 Å². The molecule has 4 amide bonds. The van der Waals surface area contributed by atoms with Crippen LogP contribution in [0.5, 0.6) is 0 Å². The van der Waals surface area contributed by atoms with Gasteiger partial charge in [0.15, 0.2) is 0 Å². The van der Waals surface area contributed by atoms with Gasteiger partial charge in [-0.3, -0.25) is 14.9 Å². The molecule has 1 aliphatic heterocycles. The first-order valence-electron chi connectivity index (χ1n) is 11.2. The molecule has 37 heavy (non-hydrogen) atoms. The Labute approximate surface area is 208 Å². The number of rotatable bonds is 4. The number of nitrogens with one attached hydrogen (secondary N) is 1. The zero-order chi connectivity index (χ0) is 26.3. The maximum atomic E-state index is 14.7. The number of halogens is 4. The highest BCUT2D eigenvalue weighted by atomic mass is 19.4. The number of hydrogen-bond donors (Lipinski definition) is 1. The minimum Gasteiger partial charge on any atom is -0.292 e. The molecule has 0 aliphatic carbocycles. The molecule has 188 valence electrons. The van der Waals surface area contributed by atoms with E-state index in [-0.39, 0.29) is 34.9 Å². The molecule has 1 aliphatic rings. The number of anilines is 4. The quantitative estimate of drug-likeness (QED) is 0.302. The number of fused-ring (bicyclic) bond motifs is 1. The number of hydrogen-bond acceptors (Lipinski definition) is 3. The van der Waals surface area contributed by atoms with Crippen molar-refractivity contribution in [3.63, 3.8) is 0 Å². The van der Waals surface area contributed by atoms with Crippen molar-refractivity contribution >= 4 is 34.8 Å². The van der Waals surface area contributed by atoms with Crippen LogP contribution in [0.25, 0.3) is 11.1 Å². The molecule has 7 nitrogen and oxygen atoms in total. The summed E-state index contributed by atoms with van der Waals surface area (Å²) in [6.45, 7) is 1.70. The highest BCUT2D eigenvalue weighted by Crippen LogP contribution is 2.43. The number of aromatic nitrogens is 2. The Kier molecular flexibility index (Phi) is 5.90. The zero-order valence-corrected chi connectivity index (χ0v) is 19.3. The Hall–Kier alpha value is -4.67. The van der Waals surface area contributed by atoms with Crippen molar-refractivity contribution in [1.29, 1.82) is 0 Å². The van der Waals surface area contributed by atoms with E-state index in [2.05, 4.69) is 10.2 Å². The number of nitrogens with zero attached hydrogens (tertiary/aromatic N) is 4. The van der Waals surface area contributed by atoms with Crippen molar-refractivity contribution in [3.05, 3.63) is 90.5 Å². The summed E-state index contributed by atoms with van der Waals surface area (Å²) in [5.41, 5.74) is -0.197. The van der Waals surface area contributed by atoms with Gasteiger partial charge >= 0.3 is 18.2 Å². The molecule has 0 fully saturated rings. The van der Waals surface area contributed by atoms with Crippen molar-refractivity contribution in [2.24, 2.45) is 0 Å². The average molecular weight is 509 g/mol. The van der Waals surface area contributed by atoms with E-state index in [1.807, 2.05) is 0 Å². The lowest BCUT2D eigenvalue weighted by molar-refractivity contribution is -0.137. The Morgan fingerprint density at radius 3 is 2.27 bits per heavy atom. The number of benzene rings is 3. The van der Waals surface area contributed by atoms with Gasteiger partial charge in [0.1, 0.15) is 5.82 Å². The second-order valence-electron chi connectivity index (χ2n) is 8.17.